The lowest BCUT2D eigenvalue weighted by Gasteiger charge is -2.08. The molecule has 0 radical (unpaired) electrons. The molecule has 2 aromatic heterocycles. The van der Waals surface area contributed by atoms with Gasteiger partial charge in [0.1, 0.15) is 0 Å². The normalized spacial score (nSPS) is 10.7. The average molecular weight is 425 g/mol. The molecule has 0 unspecified atom stereocenters. The lowest BCUT2D eigenvalue weighted by atomic mass is 10.1. The molecule has 0 aliphatic rings. The monoisotopic (exact) mass is 424 g/mol. The van der Waals surface area contributed by atoms with Crippen LogP contribution < -0.4 is 5.32 Å². The summed E-state index contributed by atoms with van der Waals surface area (Å²) in [4.78, 5) is 12.1. The van der Waals surface area contributed by atoms with Gasteiger partial charge in [0.2, 0.25) is 5.95 Å². The minimum absolute atomic E-state index is 0.551. The molecule has 0 saturated carbocycles. The number of H-pyrrole nitrogens is 1. The Morgan fingerprint density at radius 2 is 2.05 bits per heavy atom. The molecule has 3 aromatic rings. The van der Waals surface area contributed by atoms with E-state index < -0.39 is 0 Å². The molecular formula is C16H14ClIN4. The standard InChI is InChI=1S/C16H14ClIN4/c1-9-8-20-10(2)15(9)14-5-6-19-16(22-14)21-11-3-4-13(18)12(17)7-11/h3-8,20H,1-2H3,(H,19,21,22). The summed E-state index contributed by atoms with van der Waals surface area (Å²) in [6.45, 7) is 4.10. The van der Waals surface area contributed by atoms with Crippen molar-refractivity contribution in [3.05, 3.63) is 56.5 Å². The predicted octanol–water partition coefficient (Wildman–Crippen LogP) is 5.09. The topological polar surface area (TPSA) is 53.6 Å². The molecule has 0 aliphatic heterocycles. The summed E-state index contributed by atoms with van der Waals surface area (Å²) in [6.07, 6.45) is 3.74. The highest BCUT2D eigenvalue weighted by molar-refractivity contribution is 14.1. The molecule has 1 aromatic carbocycles. The molecule has 2 N–H and O–H groups in total. The Balaban J connectivity index is 1.93. The Labute approximate surface area is 147 Å². The van der Waals surface area contributed by atoms with Crippen LogP contribution in [-0.2, 0) is 0 Å². The number of aromatic nitrogens is 3. The third-order valence-electron chi connectivity index (χ3n) is 3.36. The van der Waals surface area contributed by atoms with E-state index in [4.69, 9.17) is 11.6 Å². The molecule has 0 spiro atoms. The molecule has 4 nitrogen and oxygen atoms in total. The number of aromatic amines is 1. The van der Waals surface area contributed by atoms with Crippen LogP contribution >= 0.6 is 34.2 Å². The second-order valence-electron chi connectivity index (χ2n) is 4.99. The second kappa shape index (κ2) is 6.26. The van der Waals surface area contributed by atoms with Gasteiger partial charge >= 0.3 is 0 Å². The third kappa shape index (κ3) is 3.10. The number of hydrogen-bond donors (Lipinski definition) is 2. The number of nitrogens with zero attached hydrogens (tertiary/aromatic N) is 2. The van der Waals surface area contributed by atoms with E-state index >= 15 is 0 Å². The average Bonchev–Trinajstić information content (AvgIpc) is 2.82. The Hall–Kier alpha value is -1.60. The van der Waals surface area contributed by atoms with Gasteiger partial charge in [-0.2, -0.15) is 0 Å². The van der Waals surface area contributed by atoms with Crippen LogP contribution in [0.5, 0.6) is 0 Å². The molecule has 0 aliphatic carbocycles. The zero-order valence-electron chi connectivity index (χ0n) is 12.1. The zero-order chi connectivity index (χ0) is 15.7. The molecule has 0 amide bonds. The van der Waals surface area contributed by atoms with Crippen molar-refractivity contribution in [1.29, 1.82) is 0 Å². The number of nitrogens with one attached hydrogen (secondary N) is 2. The van der Waals surface area contributed by atoms with E-state index in [0.29, 0.717) is 11.0 Å². The summed E-state index contributed by atoms with van der Waals surface area (Å²) in [6, 6.07) is 7.69. The van der Waals surface area contributed by atoms with E-state index in [9.17, 15) is 0 Å². The minimum atomic E-state index is 0.551. The number of anilines is 2. The molecule has 112 valence electrons. The molecule has 0 bridgehead atoms. The summed E-state index contributed by atoms with van der Waals surface area (Å²) < 4.78 is 1.01. The number of rotatable bonds is 3. The van der Waals surface area contributed by atoms with Crippen LogP contribution in [0.25, 0.3) is 11.3 Å². The van der Waals surface area contributed by atoms with Gasteiger partial charge in [0.05, 0.1) is 10.7 Å². The van der Waals surface area contributed by atoms with Gasteiger partial charge in [-0.1, -0.05) is 11.6 Å². The van der Waals surface area contributed by atoms with Crippen LogP contribution in [0.3, 0.4) is 0 Å². The van der Waals surface area contributed by atoms with E-state index in [1.54, 1.807) is 6.20 Å². The fourth-order valence-corrected chi connectivity index (χ4v) is 2.83. The van der Waals surface area contributed by atoms with Gasteiger partial charge in [-0.05, 0) is 66.3 Å². The van der Waals surface area contributed by atoms with Crippen LogP contribution in [0, 0.1) is 17.4 Å². The van der Waals surface area contributed by atoms with E-state index in [0.717, 1.165) is 26.2 Å². The number of aryl methyl sites for hydroxylation is 2. The lowest BCUT2D eigenvalue weighted by molar-refractivity contribution is 1.16. The number of benzene rings is 1. The van der Waals surface area contributed by atoms with Crippen LogP contribution in [0.2, 0.25) is 5.02 Å². The zero-order valence-corrected chi connectivity index (χ0v) is 15.0. The smallest absolute Gasteiger partial charge is 0.227 e. The summed E-state index contributed by atoms with van der Waals surface area (Å²) in [7, 11) is 0. The molecule has 3 rings (SSSR count). The largest absolute Gasteiger partial charge is 0.364 e. The molecule has 0 fully saturated rings. The van der Waals surface area contributed by atoms with Crippen molar-refractivity contribution >= 4 is 45.8 Å². The van der Waals surface area contributed by atoms with Crippen molar-refractivity contribution in [2.45, 2.75) is 13.8 Å². The predicted molar refractivity (Wildman–Crippen MR) is 98.7 cm³/mol. The van der Waals surface area contributed by atoms with Gasteiger partial charge in [0.15, 0.2) is 0 Å². The molecule has 0 atom stereocenters. The molecule has 0 saturated heterocycles. The van der Waals surface area contributed by atoms with Crippen LogP contribution in [-0.4, -0.2) is 15.0 Å². The van der Waals surface area contributed by atoms with E-state index in [1.807, 2.05) is 37.4 Å². The number of hydrogen-bond acceptors (Lipinski definition) is 3. The first-order valence-corrected chi connectivity index (χ1v) is 8.20. The van der Waals surface area contributed by atoms with Gasteiger partial charge < -0.3 is 10.3 Å². The minimum Gasteiger partial charge on any atom is -0.364 e. The van der Waals surface area contributed by atoms with Crippen molar-refractivity contribution in [3.63, 3.8) is 0 Å². The van der Waals surface area contributed by atoms with Crippen molar-refractivity contribution in [2.24, 2.45) is 0 Å². The van der Waals surface area contributed by atoms with Gasteiger partial charge in [-0.15, -0.1) is 0 Å². The summed E-state index contributed by atoms with van der Waals surface area (Å²) in [5.41, 5.74) is 5.14. The maximum absolute atomic E-state index is 6.14. The Morgan fingerprint density at radius 1 is 1.23 bits per heavy atom. The van der Waals surface area contributed by atoms with Gasteiger partial charge in [-0.3, -0.25) is 0 Å². The Bertz CT molecular complexity index is 809. The van der Waals surface area contributed by atoms with Crippen LogP contribution in [0.15, 0.2) is 36.7 Å². The van der Waals surface area contributed by atoms with Gasteiger partial charge in [-0.25, -0.2) is 9.97 Å². The molecule has 2 heterocycles. The molecule has 6 heteroatoms. The van der Waals surface area contributed by atoms with Crippen molar-refractivity contribution in [2.75, 3.05) is 5.32 Å². The number of halogens is 2. The summed E-state index contributed by atoms with van der Waals surface area (Å²) in [5.74, 6) is 0.551. The maximum Gasteiger partial charge on any atom is 0.227 e. The lowest BCUT2D eigenvalue weighted by Crippen LogP contribution is -1.98. The highest BCUT2D eigenvalue weighted by Gasteiger charge is 2.10. The fraction of sp³-hybridized carbons (Fsp3) is 0.125. The van der Waals surface area contributed by atoms with Crippen molar-refractivity contribution < 1.29 is 0 Å². The third-order valence-corrected chi connectivity index (χ3v) is 4.93. The van der Waals surface area contributed by atoms with E-state index in [-0.39, 0.29) is 0 Å². The van der Waals surface area contributed by atoms with Gasteiger partial charge in [0, 0.05) is 32.9 Å². The highest BCUT2D eigenvalue weighted by Crippen LogP contribution is 2.27. The Kier molecular flexibility index (Phi) is 4.35. The highest BCUT2D eigenvalue weighted by atomic mass is 127. The molecular weight excluding hydrogens is 411 g/mol. The summed E-state index contributed by atoms with van der Waals surface area (Å²) >= 11 is 8.34. The first-order valence-electron chi connectivity index (χ1n) is 6.74. The molecule has 22 heavy (non-hydrogen) atoms. The first-order chi connectivity index (χ1) is 10.5. The fourth-order valence-electron chi connectivity index (χ4n) is 2.31. The maximum atomic E-state index is 6.14. The van der Waals surface area contributed by atoms with Crippen LogP contribution in [0.4, 0.5) is 11.6 Å². The Morgan fingerprint density at radius 3 is 2.73 bits per heavy atom. The SMILES string of the molecule is Cc1c[nH]c(C)c1-c1ccnc(Nc2ccc(I)c(Cl)c2)n1. The van der Waals surface area contributed by atoms with Crippen molar-refractivity contribution in [1.82, 2.24) is 15.0 Å². The first kappa shape index (κ1) is 15.3. The quantitative estimate of drug-likeness (QED) is 0.576. The van der Waals surface area contributed by atoms with E-state index in [1.165, 1.54) is 5.56 Å². The second-order valence-corrected chi connectivity index (χ2v) is 6.56. The van der Waals surface area contributed by atoms with Crippen LogP contribution in [0.1, 0.15) is 11.3 Å². The van der Waals surface area contributed by atoms with Gasteiger partial charge in [0.25, 0.3) is 0 Å². The summed E-state index contributed by atoms with van der Waals surface area (Å²) in [5, 5.41) is 3.90. The van der Waals surface area contributed by atoms with E-state index in [2.05, 4.69) is 49.8 Å². The van der Waals surface area contributed by atoms with Crippen molar-refractivity contribution in [3.8, 4) is 11.3 Å².